The van der Waals surface area contributed by atoms with E-state index in [0.29, 0.717) is 37.6 Å². The first kappa shape index (κ1) is 36.9. The normalized spacial score (nSPS) is 34.5. The lowest BCUT2D eigenvalue weighted by Crippen LogP contribution is -2.45. The lowest BCUT2D eigenvalue weighted by atomic mass is 9.65. The van der Waals surface area contributed by atoms with Gasteiger partial charge in [0.15, 0.2) is 6.29 Å². The zero-order valence-electron chi connectivity index (χ0n) is 27.6. The summed E-state index contributed by atoms with van der Waals surface area (Å²) in [5, 5.41) is 55.2. The Morgan fingerprint density at radius 1 is 1.07 bits per heavy atom. The number of ether oxygens (including phenoxy) is 2. The third kappa shape index (κ3) is 9.58. The van der Waals surface area contributed by atoms with Crippen molar-refractivity contribution in [1.82, 2.24) is 5.32 Å². The average Bonchev–Trinajstić information content (AvgIpc) is 3.29. The van der Waals surface area contributed by atoms with Crippen LogP contribution in [0.25, 0.3) is 0 Å². The molecule has 1 aromatic carbocycles. The predicted molar refractivity (Wildman–Crippen MR) is 172 cm³/mol. The Labute approximate surface area is 273 Å². The zero-order valence-corrected chi connectivity index (χ0v) is 27.6. The Morgan fingerprint density at radius 3 is 2.46 bits per heavy atom. The topological polar surface area (TPSA) is 166 Å². The quantitative estimate of drug-likeness (QED) is 0.149. The minimum atomic E-state index is -1.37. The number of hydrogen-bond donors (Lipinski definition) is 6. The number of Topliss-reactive ketones (excluding diaryl/α,β-unsaturated/α-hetero) is 1. The first-order valence-electron chi connectivity index (χ1n) is 17.5. The van der Waals surface area contributed by atoms with Gasteiger partial charge in [-0.1, -0.05) is 37.3 Å². The van der Waals surface area contributed by atoms with Crippen LogP contribution in [0.5, 0.6) is 0 Å². The number of aliphatic hydroxyl groups excluding tert-OH is 5. The van der Waals surface area contributed by atoms with E-state index in [1.165, 1.54) is 0 Å². The highest BCUT2D eigenvalue weighted by Gasteiger charge is 2.50. The fraction of sp³-hybridized carbons (Fsp3) is 0.778. The summed E-state index contributed by atoms with van der Waals surface area (Å²) in [6.07, 6.45) is 2.41. The predicted octanol–water partition coefficient (Wildman–Crippen LogP) is 2.61. The van der Waals surface area contributed by atoms with Crippen LogP contribution >= 0.6 is 0 Å². The van der Waals surface area contributed by atoms with E-state index in [1.54, 1.807) is 0 Å². The van der Waals surface area contributed by atoms with Crippen molar-refractivity contribution < 1.29 is 44.6 Å². The summed E-state index contributed by atoms with van der Waals surface area (Å²) < 4.78 is 12.4. The number of aliphatic hydroxyl groups is 5. The number of benzene rings is 1. The van der Waals surface area contributed by atoms with Crippen molar-refractivity contribution in [2.75, 3.05) is 26.4 Å². The van der Waals surface area contributed by atoms with Gasteiger partial charge in [-0.2, -0.15) is 0 Å². The Kier molecular flexibility index (Phi) is 14.5. The van der Waals surface area contributed by atoms with Gasteiger partial charge in [-0.3, -0.25) is 9.59 Å². The smallest absolute Gasteiger partial charge is 0.219 e. The number of amides is 1. The van der Waals surface area contributed by atoms with Gasteiger partial charge in [0.05, 0.1) is 50.2 Å². The molecule has 4 rings (SSSR count). The molecule has 1 amide bonds. The van der Waals surface area contributed by atoms with Gasteiger partial charge in [0.1, 0.15) is 5.78 Å². The van der Waals surface area contributed by atoms with Crippen LogP contribution in [0.3, 0.4) is 0 Å². The number of ketones is 1. The summed E-state index contributed by atoms with van der Waals surface area (Å²) in [6, 6.07) is 10.0. The van der Waals surface area contributed by atoms with Crippen LogP contribution in [-0.4, -0.2) is 94.3 Å². The summed E-state index contributed by atoms with van der Waals surface area (Å²) in [4.78, 5) is 25.7. The molecule has 12 unspecified atom stereocenters. The second-order valence-electron chi connectivity index (χ2n) is 14.1. The number of carbonyl (C=O) groups is 2. The molecular formula is C36H57NO9. The number of rotatable bonds is 17. The largest absolute Gasteiger partial charge is 0.396 e. The van der Waals surface area contributed by atoms with Gasteiger partial charge in [-0.15, -0.1) is 0 Å². The van der Waals surface area contributed by atoms with E-state index in [2.05, 4.69) is 12.2 Å². The standard InChI is InChI=1S/C36H57NO9/c1-3-37-32(42)11-7-10-24-13-14-25(24)17-28-30(41)18-31(46-36-29(20-39)35(44)34(43)26(19-38)21-45-36)33(28)22(2)16-27(40)15-12-23-8-5-4-6-9-23/h4-6,8-9,22,24-29,31,33-36,38-40,43-44H,3,7,10-21H2,1-2H3,(H,37,42). The maximum atomic E-state index is 13.7. The van der Waals surface area contributed by atoms with Gasteiger partial charge in [-0.25, -0.2) is 0 Å². The maximum absolute atomic E-state index is 13.7. The van der Waals surface area contributed by atoms with E-state index in [0.717, 1.165) is 44.1 Å². The van der Waals surface area contributed by atoms with E-state index in [4.69, 9.17) is 9.47 Å². The summed E-state index contributed by atoms with van der Waals surface area (Å²) in [7, 11) is 0. The monoisotopic (exact) mass is 647 g/mol. The molecule has 3 aliphatic rings. The molecule has 1 aromatic rings. The van der Waals surface area contributed by atoms with Gasteiger partial charge >= 0.3 is 0 Å². The number of carbonyl (C=O) groups excluding carboxylic acids is 2. The van der Waals surface area contributed by atoms with Crippen molar-refractivity contribution in [3.63, 3.8) is 0 Å². The first-order chi connectivity index (χ1) is 22.2. The molecule has 46 heavy (non-hydrogen) atoms. The minimum Gasteiger partial charge on any atom is -0.396 e. The molecule has 1 saturated heterocycles. The molecule has 0 aromatic heterocycles. The van der Waals surface area contributed by atoms with Crippen molar-refractivity contribution in [2.24, 2.45) is 41.4 Å². The van der Waals surface area contributed by atoms with Crippen LogP contribution in [0, 0.1) is 41.4 Å². The molecule has 0 bridgehead atoms. The first-order valence-corrected chi connectivity index (χ1v) is 17.5. The summed E-state index contributed by atoms with van der Waals surface area (Å²) in [5.41, 5.74) is 1.16. The van der Waals surface area contributed by atoms with E-state index in [1.807, 2.05) is 37.3 Å². The van der Waals surface area contributed by atoms with E-state index < -0.39 is 49.1 Å². The molecule has 0 spiro atoms. The van der Waals surface area contributed by atoms with Crippen LogP contribution in [0.1, 0.15) is 77.2 Å². The average molecular weight is 648 g/mol. The molecule has 3 fully saturated rings. The molecule has 12 atom stereocenters. The molecule has 1 heterocycles. The van der Waals surface area contributed by atoms with E-state index >= 15 is 0 Å². The van der Waals surface area contributed by atoms with Gasteiger partial charge in [0.25, 0.3) is 0 Å². The molecule has 2 saturated carbocycles. The molecular weight excluding hydrogens is 590 g/mol. The summed E-state index contributed by atoms with van der Waals surface area (Å²) >= 11 is 0. The van der Waals surface area contributed by atoms with Crippen molar-refractivity contribution in [3.8, 4) is 0 Å². The second-order valence-corrected chi connectivity index (χ2v) is 14.1. The molecule has 6 N–H and O–H groups in total. The Balaban J connectivity index is 1.46. The Hall–Kier alpha value is -1.92. The van der Waals surface area contributed by atoms with E-state index in [9.17, 15) is 35.1 Å². The van der Waals surface area contributed by atoms with Gasteiger partial charge < -0.3 is 40.3 Å². The molecule has 2 aliphatic carbocycles. The molecule has 1 aliphatic heterocycles. The molecule has 260 valence electrons. The number of aryl methyl sites for hydroxylation is 1. The lowest BCUT2D eigenvalue weighted by molar-refractivity contribution is -0.223. The van der Waals surface area contributed by atoms with Gasteiger partial charge in [0.2, 0.25) is 5.91 Å². The van der Waals surface area contributed by atoms with Crippen LogP contribution in [-0.2, 0) is 25.5 Å². The Morgan fingerprint density at radius 2 is 1.80 bits per heavy atom. The fourth-order valence-electron chi connectivity index (χ4n) is 8.10. The fourth-order valence-corrected chi connectivity index (χ4v) is 8.10. The summed E-state index contributed by atoms with van der Waals surface area (Å²) in [6.45, 7) is 3.67. The minimum absolute atomic E-state index is 0.0532. The SMILES string of the molecule is CCNC(=O)CCCC1CCC1CC1C(=O)CC(OC2OCC(CO)C(O)C(O)C2CO)C1C(C)CC(O)CCc1ccccc1. The summed E-state index contributed by atoms with van der Waals surface area (Å²) in [5.74, 6) is -1.11. The Bertz CT molecular complexity index is 1070. The van der Waals surface area contributed by atoms with Crippen molar-refractivity contribution in [1.29, 1.82) is 0 Å². The van der Waals surface area contributed by atoms with Crippen molar-refractivity contribution in [3.05, 3.63) is 35.9 Å². The highest BCUT2D eigenvalue weighted by molar-refractivity contribution is 5.84. The third-order valence-electron chi connectivity index (χ3n) is 11.0. The van der Waals surface area contributed by atoms with E-state index in [-0.39, 0.29) is 49.1 Å². The highest BCUT2D eigenvalue weighted by Crippen LogP contribution is 2.48. The van der Waals surface area contributed by atoms with Crippen LogP contribution in [0.15, 0.2) is 30.3 Å². The second kappa shape index (κ2) is 18.0. The van der Waals surface area contributed by atoms with Crippen LogP contribution in [0.4, 0.5) is 0 Å². The maximum Gasteiger partial charge on any atom is 0.219 e. The van der Waals surface area contributed by atoms with Crippen molar-refractivity contribution in [2.45, 2.75) is 109 Å². The van der Waals surface area contributed by atoms with Crippen LogP contribution in [0.2, 0.25) is 0 Å². The molecule has 10 nitrogen and oxygen atoms in total. The number of nitrogens with one attached hydrogen (secondary N) is 1. The highest BCUT2D eigenvalue weighted by atomic mass is 16.7. The molecule has 0 radical (unpaired) electrons. The van der Waals surface area contributed by atoms with Crippen molar-refractivity contribution >= 4 is 11.7 Å². The molecule has 10 heteroatoms. The van der Waals surface area contributed by atoms with Crippen LogP contribution < -0.4 is 5.32 Å². The third-order valence-corrected chi connectivity index (χ3v) is 11.0. The number of hydrogen-bond acceptors (Lipinski definition) is 9. The van der Waals surface area contributed by atoms with Gasteiger partial charge in [-0.05, 0) is 87.5 Å². The zero-order chi connectivity index (χ0) is 33.2. The van der Waals surface area contributed by atoms with Gasteiger partial charge in [0, 0.05) is 31.2 Å². The lowest BCUT2D eigenvalue weighted by Gasteiger charge is -2.41.